The Labute approximate surface area is 115 Å². The molecule has 4 nitrogen and oxygen atoms in total. The number of halogens is 2. The summed E-state index contributed by atoms with van der Waals surface area (Å²) in [6.45, 7) is 0. The van der Waals surface area contributed by atoms with Crippen LogP contribution in [0.15, 0.2) is 61.2 Å². The summed E-state index contributed by atoms with van der Waals surface area (Å²) < 4.78 is 2.00. The predicted molar refractivity (Wildman–Crippen MR) is 47.6 cm³/mol. The first-order chi connectivity index (χ1) is 6.79. The van der Waals surface area contributed by atoms with Gasteiger partial charge in [0, 0.05) is 33.7 Å². The van der Waals surface area contributed by atoms with Gasteiger partial charge in [-0.3, -0.25) is 10.4 Å². The van der Waals surface area contributed by atoms with Gasteiger partial charge in [-0.2, -0.15) is 0 Å². The van der Waals surface area contributed by atoms with Crippen molar-refractivity contribution in [2.75, 3.05) is 0 Å². The minimum absolute atomic E-state index is 0. The van der Waals surface area contributed by atoms with Gasteiger partial charge in [0.1, 0.15) is 0 Å². The Kier molecular flexibility index (Phi) is 11.2. The molecule has 2 N–H and O–H groups in total. The molecule has 0 unspecified atom stereocenters. The van der Waals surface area contributed by atoms with Crippen molar-refractivity contribution in [3.05, 3.63) is 61.2 Å². The fraction of sp³-hybridized carbons (Fsp3) is 0. The van der Waals surface area contributed by atoms with Gasteiger partial charge in [-0.1, -0.05) is 12.1 Å². The van der Waals surface area contributed by atoms with Gasteiger partial charge in [-0.25, -0.2) is 0 Å². The van der Waals surface area contributed by atoms with Crippen molar-refractivity contribution in [2.45, 2.75) is 0 Å². The van der Waals surface area contributed by atoms with Crippen molar-refractivity contribution in [1.82, 2.24) is 0 Å². The average Bonchev–Trinajstić information content (AvgIpc) is 2.21. The Bertz CT molecular complexity index is 322. The molecule has 0 fully saturated rings. The molecule has 0 aliphatic carbocycles. The molecule has 6 heteroatoms. The topological polar surface area (TPSA) is 48.2 Å². The number of nitrogens with zero attached hydrogens (tertiary/aromatic N) is 2. The largest absolute Gasteiger partial charge is 1.00 e. The van der Waals surface area contributed by atoms with E-state index in [1.54, 1.807) is 49.1 Å². The molecule has 2 rings (SSSR count). The third-order valence-corrected chi connectivity index (χ3v) is 1.40. The van der Waals surface area contributed by atoms with Crippen LogP contribution in [0.25, 0.3) is 0 Å². The van der Waals surface area contributed by atoms with Crippen molar-refractivity contribution in [3.8, 4) is 0 Å². The number of hydrogen-bond donors (Lipinski definition) is 2. The van der Waals surface area contributed by atoms with E-state index in [2.05, 4.69) is 0 Å². The van der Waals surface area contributed by atoms with Crippen LogP contribution < -0.4 is 43.4 Å². The van der Waals surface area contributed by atoms with Gasteiger partial charge >= 0.3 is 0 Å². The second kappa shape index (κ2) is 10.4. The summed E-state index contributed by atoms with van der Waals surface area (Å²) in [5.41, 5.74) is 0. The first-order valence-electron chi connectivity index (χ1n) is 4.10. The van der Waals surface area contributed by atoms with Gasteiger partial charge in [-0.15, -0.1) is 0 Å². The first-order valence-corrected chi connectivity index (χ1v) is 4.10. The zero-order valence-corrected chi connectivity index (χ0v) is 11.5. The van der Waals surface area contributed by atoms with E-state index >= 15 is 0 Å². The van der Waals surface area contributed by atoms with Crippen LogP contribution in [-0.4, -0.2) is 10.4 Å². The van der Waals surface area contributed by atoms with Gasteiger partial charge in [0.05, 0.1) is 0 Å². The normalized spacial score (nSPS) is 7.50. The summed E-state index contributed by atoms with van der Waals surface area (Å²) in [5.74, 6) is 0. The summed E-state index contributed by atoms with van der Waals surface area (Å²) >= 11 is 0. The molecule has 2 aromatic heterocycles. The Hall–Kier alpha value is -1.14. The molecule has 0 aliphatic rings. The maximum Gasteiger partial charge on any atom is 0.222 e. The average molecular weight is 352 g/mol. The van der Waals surface area contributed by atoms with E-state index < -0.39 is 0 Å². The lowest BCUT2D eigenvalue weighted by Gasteiger charge is -1.74. The fourth-order valence-electron chi connectivity index (χ4n) is 0.779. The molecule has 0 amide bonds. The Morgan fingerprint density at radius 2 is 0.750 bits per heavy atom. The van der Waals surface area contributed by atoms with E-state index in [9.17, 15) is 0 Å². The van der Waals surface area contributed by atoms with Gasteiger partial charge in [-0.05, 0) is 0 Å². The van der Waals surface area contributed by atoms with Crippen LogP contribution in [0.1, 0.15) is 0 Å². The Morgan fingerprint density at radius 1 is 0.500 bits per heavy atom. The van der Waals surface area contributed by atoms with Crippen LogP contribution in [0.5, 0.6) is 0 Å². The first kappa shape index (κ1) is 17.3. The maximum atomic E-state index is 8.55. The summed E-state index contributed by atoms with van der Waals surface area (Å²) in [6.07, 6.45) is 6.22. The van der Waals surface area contributed by atoms with E-state index in [1.807, 2.05) is 12.1 Å². The molecule has 16 heavy (non-hydrogen) atoms. The molecule has 2 aromatic rings. The zero-order chi connectivity index (χ0) is 10.2. The Morgan fingerprint density at radius 3 is 0.875 bits per heavy atom. The minimum atomic E-state index is 0. The lowest BCUT2D eigenvalue weighted by molar-refractivity contribution is -0.904. The molecule has 0 saturated heterocycles. The van der Waals surface area contributed by atoms with Crippen molar-refractivity contribution >= 4 is 0 Å². The van der Waals surface area contributed by atoms with E-state index in [1.165, 1.54) is 0 Å². The second-order valence-corrected chi connectivity index (χ2v) is 2.51. The zero-order valence-electron chi connectivity index (χ0n) is 8.32. The van der Waals surface area contributed by atoms with Crippen molar-refractivity contribution < 1.29 is 53.8 Å². The van der Waals surface area contributed by atoms with Crippen LogP contribution >= 0.6 is 0 Å². The molecular weight excluding hydrogens is 340 g/mol. The van der Waals surface area contributed by atoms with Crippen molar-refractivity contribution in [1.29, 1.82) is 0 Å². The highest BCUT2D eigenvalue weighted by molar-refractivity contribution is 4.83. The third kappa shape index (κ3) is 8.19. The van der Waals surface area contributed by atoms with Crippen molar-refractivity contribution in [3.63, 3.8) is 0 Å². The quantitative estimate of drug-likeness (QED) is 0.367. The van der Waals surface area contributed by atoms with Gasteiger partial charge in [0.15, 0.2) is 0 Å². The molecule has 0 aliphatic heterocycles. The highest BCUT2D eigenvalue weighted by atomic mass is 79.9. The van der Waals surface area contributed by atoms with Crippen LogP contribution in [0.3, 0.4) is 0 Å². The fourth-order valence-corrected chi connectivity index (χ4v) is 0.779. The smallest absolute Gasteiger partial charge is 0.222 e. The second-order valence-electron chi connectivity index (χ2n) is 2.51. The molecule has 0 radical (unpaired) electrons. The Balaban J connectivity index is 0. The number of pyridine rings is 2. The van der Waals surface area contributed by atoms with Gasteiger partial charge in [0.2, 0.25) is 24.8 Å². The van der Waals surface area contributed by atoms with E-state index in [4.69, 9.17) is 10.4 Å². The predicted octanol–water partition coefficient (Wildman–Crippen LogP) is -5.57. The third-order valence-electron chi connectivity index (χ3n) is 1.40. The highest BCUT2D eigenvalue weighted by Crippen LogP contribution is 1.71. The van der Waals surface area contributed by atoms with Crippen LogP contribution in [0.2, 0.25) is 0 Å². The maximum absolute atomic E-state index is 8.55. The molecule has 0 saturated carbocycles. The number of rotatable bonds is 0. The highest BCUT2D eigenvalue weighted by Gasteiger charge is 1.83. The lowest BCUT2D eigenvalue weighted by Crippen LogP contribution is -3.00. The van der Waals surface area contributed by atoms with E-state index in [0.29, 0.717) is 0 Å². The number of aromatic nitrogens is 2. The molecule has 0 atom stereocenters. The van der Waals surface area contributed by atoms with E-state index in [-0.39, 0.29) is 34.0 Å². The lowest BCUT2D eigenvalue weighted by atomic mass is 10.5. The van der Waals surface area contributed by atoms with Gasteiger partial charge in [0.25, 0.3) is 0 Å². The molecular formula is C10H12Br2N2O2. The monoisotopic (exact) mass is 350 g/mol. The molecule has 0 bridgehead atoms. The summed E-state index contributed by atoms with van der Waals surface area (Å²) in [5, 5.41) is 17.1. The minimum Gasteiger partial charge on any atom is -1.00 e. The summed E-state index contributed by atoms with van der Waals surface area (Å²) in [6, 6.07) is 10.7. The summed E-state index contributed by atoms with van der Waals surface area (Å²) in [7, 11) is 0. The standard InChI is InChI=1S/2C5H6NO.2BrH/c2*7-6-4-2-1-3-5-6;;/h2*1-5,7H;2*1H/q2*+1;;/p-2. The summed E-state index contributed by atoms with van der Waals surface area (Å²) in [4.78, 5) is 0. The SMILES string of the molecule is O[n+]1ccccc1.O[n+]1ccccc1.[Br-].[Br-]. The van der Waals surface area contributed by atoms with Crippen LogP contribution in [0.4, 0.5) is 0 Å². The van der Waals surface area contributed by atoms with Crippen LogP contribution in [0, 0.1) is 0 Å². The van der Waals surface area contributed by atoms with E-state index in [0.717, 1.165) is 9.46 Å². The molecule has 0 spiro atoms. The van der Waals surface area contributed by atoms with Gasteiger partial charge < -0.3 is 34.0 Å². The number of hydrogen-bond acceptors (Lipinski definition) is 2. The molecule has 88 valence electrons. The molecule has 0 aromatic carbocycles. The van der Waals surface area contributed by atoms with Crippen LogP contribution in [-0.2, 0) is 0 Å². The van der Waals surface area contributed by atoms with Crippen molar-refractivity contribution in [2.24, 2.45) is 0 Å². The molecule has 2 heterocycles.